The number of nitrogens with zero attached hydrogens (tertiary/aromatic N) is 3. The topological polar surface area (TPSA) is 60.9 Å². The van der Waals surface area contributed by atoms with Gasteiger partial charge >= 0.3 is 0 Å². The van der Waals surface area contributed by atoms with E-state index in [2.05, 4.69) is 21.9 Å². The van der Waals surface area contributed by atoms with Crippen LogP contribution in [0.1, 0.15) is 13.3 Å². The molecule has 0 spiro atoms. The van der Waals surface area contributed by atoms with Gasteiger partial charge in [-0.2, -0.15) is 0 Å². The van der Waals surface area contributed by atoms with Gasteiger partial charge in [-0.15, -0.1) is 0 Å². The molecular weight excluding hydrogens is 338 g/mol. The number of piperazine rings is 1. The molecule has 0 aliphatic carbocycles. The normalized spacial score (nSPS) is 23.6. The fourth-order valence-corrected chi connectivity index (χ4v) is 5.48. The van der Waals surface area contributed by atoms with Crippen LogP contribution in [0, 0.1) is 0 Å². The number of anilines is 1. The predicted octanol–water partition coefficient (Wildman–Crippen LogP) is 0.844. The number of rotatable bonds is 5. The van der Waals surface area contributed by atoms with Gasteiger partial charge in [-0.25, -0.2) is 8.42 Å². The van der Waals surface area contributed by atoms with E-state index in [0.29, 0.717) is 19.5 Å². The van der Waals surface area contributed by atoms with Gasteiger partial charge in [-0.05, 0) is 25.5 Å². The van der Waals surface area contributed by atoms with Crippen molar-refractivity contribution in [1.82, 2.24) is 9.80 Å². The van der Waals surface area contributed by atoms with Crippen molar-refractivity contribution in [2.75, 3.05) is 55.7 Å². The molecule has 3 rings (SSSR count). The van der Waals surface area contributed by atoms with Crippen LogP contribution < -0.4 is 4.90 Å². The molecule has 0 N–H and O–H groups in total. The number of carbonyl (C=O) groups is 1. The Morgan fingerprint density at radius 2 is 1.84 bits per heavy atom. The van der Waals surface area contributed by atoms with Crippen molar-refractivity contribution >= 4 is 21.4 Å². The first-order valence-electron chi connectivity index (χ1n) is 9.01. The van der Waals surface area contributed by atoms with Crippen molar-refractivity contribution in [2.24, 2.45) is 0 Å². The highest BCUT2D eigenvalue weighted by atomic mass is 32.2. The Balaban J connectivity index is 1.52. The van der Waals surface area contributed by atoms with Crippen LogP contribution in [0.25, 0.3) is 0 Å². The maximum absolute atomic E-state index is 12.7. The lowest BCUT2D eigenvalue weighted by molar-refractivity contribution is -0.134. The number of sulfone groups is 1. The first-order chi connectivity index (χ1) is 12.0. The molecule has 2 fully saturated rings. The minimum absolute atomic E-state index is 0.0535. The molecule has 0 bridgehead atoms. The summed E-state index contributed by atoms with van der Waals surface area (Å²) in [5, 5.41) is 0. The van der Waals surface area contributed by atoms with E-state index in [4.69, 9.17) is 0 Å². The molecule has 2 aliphatic rings. The Morgan fingerprint density at radius 1 is 1.16 bits per heavy atom. The first-order valence-corrected chi connectivity index (χ1v) is 10.8. The summed E-state index contributed by atoms with van der Waals surface area (Å²) in [6, 6.07) is 10.2. The number of likely N-dealkylation sites (N-methyl/N-ethyl adjacent to an activating group) is 1. The summed E-state index contributed by atoms with van der Waals surface area (Å²) >= 11 is 0. The van der Waals surface area contributed by atoms with Crippen LogP contribution in [-0.4, -0.2) is 80.9 Å². The highest BCUT2D eigenvalue weighted by molar-refractivity contribution is 7.91. The SMILES string of the molecule is CCN(C(=O)CN1CCN(c2ccccc2)CC1)C1CCS(=O)(=O)C1. The smallest absolute Gasteiger partial charge is 0.237 e. The van der Waals surface area contributed by atoms with Crippen LogP contribution in [0.4, 0.5) is 5.69 Å². The Hall–Kier alpha value is -1.60. The molecule has 7 heteroatoms. The minimum Gasteiger partial charge on any atom is -0.369 e. The maximum atomic E-state index is 12.7. The molecule has 0 saturated carbocycles. The average Bonchev–Trinajstić information content (AvgIpc) is 2.96. The molecule has 1 aromatic carbocycles. The third-order valence-electron chi connectivity index (χ3n) is 5.16. The van der Waals surface area contributed by atoms with Crippen LogP contribution in [0.3, 0.4) is 0 Å². The number of carbonyl (C=O) groups excluding carboxylic acids is 1. The zero-order valence-corrected chi connectivity index (χ0v) is 15.6. The predicted molar refractivity (Wildman–Crippen MR) is 99.5 cm³/mol. The van der Waals surface area contributed by atoms with Crippen molar-refractivity contribution in [2.45, 2.75) is 19.4 Å². The molecule has 0 radical (unpaired) electrons. The summed E-state index contributed by atoms with van der Waals surface area (Å²) in [4.78, 5) is 18.9. The van der Waals surface area contributed by atoms with Crippen LogP contribution in [0.2, 0.25) is 0 Å². The second-order valence-corrected chi connectivity index (χ2v) is 9.06. The largest absolute Gasteiger partial charge is 0.369 e. The number of para-hydroxylation sites is 1. The maximum Gasteiger partial charge on any atom is 0.237 e. The summed E-state index contributed by atoms with van der Waals surface area (Å²) < 4.78 is 23.4. The van der Waals surface area contributed by atoms with Crippen LogP contribution >= 0.6 is 0 Å². The fourth-order valence-electron chi connectivity index (χ4n) is 3.74. The summed E-state index contributed by atoms with van der Waals surface area (Å²) in [6.07, 6.45) is 0.573. The van der Waals surface area contributed by atoms with E-state index in [0.717, 1.165) is 26.2 Å². The Labute approximate surface area is 150 Å². The zero-order chi connectivity index (χ0) is 17.9. The third kappa shape index (κ3) is 4.52. The number of benzene rings is 1. The van der Waals surface area contributed by atoms with Gasteiger partial charge in [0.25, 0.3) is 0 Å². The second-order valence-electron chi connectivity index (χ2n) is 6.84. The Bertz CT molecular complexity index is 685. The third-order valence-corrected chi connectivity index (χ3v) is 6.91. The lowest BCUT2D eigenvalue weighted by atomic mass is 10.2. The Morgan fingerprint density at radius 3 is 2.40 bits per heavy atom. The average molecular weight is 365 g/mol. The number of hydrogen-bond donors (Lipinski definition) is 0. The van der Waals surface area contributed by atoms with Crippen molar-refractivity contribution in [1.29, 1.82) is 0 Å². The molecule has 25 heavy (non-hydrogen) atoms. The summed E-state index contributed by atoms with van der Waals surface area (Å²) in [5.74, 6) is 0.378. The molecule has 1 atom stereocenters. The summed E-state index contributed by atoms with van der Waals surface area (Å²) in [6.45, 7) is 6.39. The minimum atomic E-state index is -2.97. The van der Waals surface area contributed by atoms with Crippen molar-refractivity contribution in [3.63, 3.8) is 0 Å². The van der Waals surface area contributed by atoms with E-state index in [-0.39, 0.29) is 23.5 Å². The van der Waals surface area contributed by atoms with Crippen molar-refractivity contribution in [3.8, 4) is 0 Å². The van der Waals surface area contributed by atoms with E-state index >= 15 is 0 Å². The number of hydrogen-bond acceptors (Lipinski definition) is 5. The molecule has 2 saturated heterocycles. The van der Waals surface area contributed by atoms with Crippen LogP contribution in [-0.2, 0) is 14.6 Å². The van der Waals surface area contributed by atoms with Gasteiger partial charge in [0.15, 0.2) is 9.84 Å². The second kappa shape index (κ2) is 7.74. The standard InChI is InChI=1S/C18H27N3O3S/c1-2-21(17-8-13-25(23,24)15-17)18(22)14-19-9-11-20(12-10-19)16-6-4-3-5-7-16/h3-7,17H,2,8-15H2,1H3. The van der Waals surface area contributed by atoms with Gasteiger partial charge in [0.1, 0.15) is 0 Å². The van der Waals surface area contributed by atoms with Gasteiger partial charge in [-0.3, -0.25) is 9.69 Å². The summed E-state index contributed by atoms with van der Waals surface area (Å²) in [7, 11) is -2.97. The van der Waals surface area contributed by atoms with Gasteiger partial charge in [-0.1, -0.05) is 18.2 Å². The van der Waals surface area contributed by atoms with E-state index in [1.165, 1.54) is 5.69 Å². The quantitative estimate of drug-likeness (QED) is 0.774. The molecule has 2 aliphatic heterocycles. The molecule has 1 amide bonds. The van der Waals surface area contributed by atoms with Crippen LogP contribution in [0.5, 0.6) is 0 Å². The molecule has 0 aromatic heterocycles. The fraction of sp³-hybridized carbons (Fsp3) is 0.611. The van der Waals surface area contributed by atoms with Crippen molar-refractivity contribution < 1.29 is 13.2 Å². The molecule has 6 nitrogen and oxygen atoms in total. The van der Waals surface area contributed by atoms with Crippen molar-refractivity contribution in [3.05, 3.63) is 30.3 Å². The van der Waals surface area contributed by atoms with Gasteiger partial charge in [0, 0.05) is 44.5 Å². The van der Waals surface area contributed by atoms with E-state index in [9.17, 15) is 13.2 Å². The van der Waals surface area contributed by atoms with E-state index < -0.39 is 9.84 Å². The van der Waals surface area contributed by atoms with Gasteiger partial charge < -0.3 is 9.80 Å². The molecule has 2 heterocycles. The Kier molecular flexibility index (Phi) is 5.64. The highest BCUT2D eigenvalue weighted by Crippen LogP contribution is 2.19. The molecule has 138 valence electrons. The molecule has 1 unspecified atom stereocenters. The van der Waals surface area contributed by atoms with Gasteiger partial charge in [0.05, 0.1) is 18.1 Å². The highest BCUT2D eigenvalue weighted by Gasteiger charge is 2.34. The number of amides is 1. The molecular formula is C18H27N3O3S. The lowest BCUT2D eigenvalue weighted by Crippen LogP contribution is -2.51. The summed E-state index contributed by atoms with van der Waals surface area (Å²) in [5.41, 5.74) is 1.22. The first kappa shape index (κ1) is 18.2. The van der Waals surface area contributed by atoms with Gasteiger partial charge in [0.2, 0.25) is 5.91 Å². The lowest BCUT2D eigenvalue weighted by Gasteiger charge is -2.37. The molecule has 1 aromatic rings. The monoisotopic (exact) mass is 365 g/mol. The van der Waals surface area contributed by atoms with E-state index in [1.54, 1.807) is 4.90 Å². The zero-order valence-electron chi connectivity index (χ0n) is 14.8. The van der Waals surface area contributed by atoms with Crippen LogP contribution in [0.15, 0.2) is 30.3 Å². The van der Waals surface area contributed by atoms with E-state index in [1.807, 2.05) is 25.1 Å².